The molecule has 22 heavy (non-hydrogen) atoms. The van der Waals surface area contributed by atoms with E-state index in [1.807, 2.05) is 12.1 Å². The first-order valence-electron chi connectivity index (χ1n) is 8.88. The highest BCUT2D eigenvalue weighted by atomic mass is 16.4. The van der Waals surface area contributed by atoms with Gasteiger partial charge in [0.05, 0.1) is 5.56 Å². The quantitative estimate of drug-likeness (QED) is 0.852. The van der Waals surface area contributed by atoms with Gasteiger partial charge in [-0.25, -0.2) is 4.79 Å². The standard InChI is InChI=1S/C19H23NO2/c21-19(22)13-7-16-14-5-1-3-11(14)9-20-10-12-4-2-6-15(12)17(8-13)18(16)20/h7-8,11-12,14-15H,1-6,9-10H2,(H,21,22)/t11-,12+,14-,15+. The van der Waals surface area contributed by atoms with E-state index < -0.39 is 5.97 Å². The van der Waals surface area contributed by atoms with Crippen LogP contribution in [0.25, 0.3) is 0 Å². The molecule has 116 valence electrons. The van der Waals surface area contributed by atoms with Crippen LogP contribution >= 0.6 is 0 Å². The zero-order valence-corrected chi connectivity index (χ0v) is 12.9. The van der Waals surface area contributed by atoms with Gasteiger partial charge in [0.1, 0.15) is 0 Å². The first-order chi connectivity index (χ1) is 10.7. The molecule has 0 amide bonds. The van der Waals surface area contributed by atoms with Crippen molar-refractivity contribution in [1.82, 2.24) is 0 Å². The largest absolute Gasteiger partial charge is 0.478 e. The average molecular weight is 297 g/mol. The number of aromatic carboxylic acids is 1. The molecule has 0 unspecified atom stereocenters. The molecule has 1 aromatic carbocycles. The summed E-state index contributed by atoms with van der Waals surface area (Å²) in [5.74, 6) is 1.97. The molecular formula is C19H23NO2. The Morgan fingerprint density at radius 3 is 2.00 bits per heavy atom. The Labute approximate surface area is 131 Å². The van der Waals surface area contributed by atoms with Crippen LogP contribution in [-0.2, 0) is 0 Å². The van der Waals surface area contributed by atoms with Crippen molar-refractivity contribution < 1.29 is 9.90 Å². The summed E-state index contributed by atoms with van der Waals surface area (Å²) in [5, 5.41) is 9.56. The summed E-state index contributed by atoms with van der Waals surface area (Å²) in [6.07, 6.45) is 7.76. The number of hydrogen-bond acceptors (Lipinski definition) is 2. The molecule has 0 saturated heterocycles. The van der Waals surface area contributed by atoms with Crippen LogP contribution in [0.2, 0.25) is 0 Å². The van der Waals surface area contributed by atoms with Gasteiger partial charge < -0.3 is 10.0 Å². The molecule has 1 aromatic rings. The molecule has 0 bridgehead atoms. The van der Waals surface area contributed by atoms with Gasteiger partial charge in [0.15, 0.2) is 0 Å². The molecule has 3 heteroatoms. The fourth-order valence-electron chi connectivity index (χ4n) is 5.89. The maximum Gasteiger partial charge on any atom is 0.335 e. The number of carbonyl (C=O) groups is 1. The van der Waals surface area contributed by atoms with Crippen molar-refractivity contribution in [1.29, 1.82) is 0 Å². The van der Waals surface area contributed by atoms with Gasteiger partial charge in [0, 0.05) is 18.8 Å². The molecule has 0 aromatic heterocycles. The fourth-order valence-corrected chi connectivity index (χ4v) is 5.89. The minimum Gasteiger partial charge on any atom is -0.478 e. The molecule has 4 atom stereocenters. The number of benzene rings is 1. The molecule has 1 N–H and O–H groups in total. The Morgan fingerprint density at radius 1 is 0.955 bits per heavy atom. The number of carboxylic acids is 1. The van der Waals surface area contributed by atoms with Crippen LogP contribution < -0.4 is 4.90 Å². The van der Waals surface area contributed by atoms with Gasteiger partial charge in [-0.15, -0.1) is 0 Å². The zero-order chi connectivity index (χ0) is 14.8. The summed E-state index contributed by atoms with van der Waals surface area (Å²) in [7, 11) is 0. The number of rotatable bonds is 1. The second-order valence-electron chi connectivity index (χ2n) is 7.81. The minimum atomic E-state index is -0.758. The summed E-state index contributed by atoms with van der Waals surface area (Å²) in [4.78, 5) is 14.2. The SMILES string of the molecule is O=C(O)c1cc2c3c(c1)[C@@H]1CCC[C@@H]1CN3C[C@@H]1CCC[C@H]21. The van der Waals surface area contributed by atoms with Gasteiger partial charge in [-0.05, 0) is 72.6 Å². The lowest BCUT2D eigenvalue weighted by Crippen LogP contribution is -2.43. The molecular weight excluding hydrogens is 274 g/mol. The van der Waals surface area contributed by atoms with E-state index in [1.165, 1.54) is 68.4 Å². The Bertz CT molecular complexity index is 608. The molecule has 0 radical (unpaired) electrons. The van der Waals surface area contributed by atoms with Crippen molar-refractivity contribution in [3.63, 3.8) is 0 Å². The summed E-state index contributed by atoms with van der Waals surface area (Å²) in [6.45, 7) is 2.42. The molecule has 2 saturated carbocycles. The monoisotopic (exact) mass is 297 g/mol. The van der Waals surface area contributed by atoms with Crippen LogP contribution in [0.1, 0.15) is 71.8 Å². The maximum atomic E-state index is 11.6. The van der Waals surface area contributed by atoms with Crippen LogP contribution in [0.4, 0.5) is 5.69 Å². The van der Waals surface area contributed by atoms with E-state index in [2.05, 4.69) is 4.90 Å². The first kappa shape index (κ1) is 13.0. The fraction of sp³-hybridized carbons (Fsp3) is 0.632. The van der Waals surface area contributed by atoms with Crippen molar-refractivity contribution in [3.8, 4) is 0 Å². The lowest BCUT2D eigenvalue weighted by atomic mass is 9.74. The third-order valence-corrected chi connectivity index (χ3v) is 6.76. The molecule has 3 nitrogen and oxygen atoms in total. The summed E-state index contributed by atoms with van der Waals surface area (Å²) >= 11 is 0. The molecule has 2 aliphatic carbocycles. The second-order valence-corrected chi connectivity index (χ2v) is 7.81. The van der Waals surface area contributed by atoms with Crippen molar-refractivity contribution in [2.75, 3.05) is 18.0 Å². The molecule has 0 spiro atoms. The van der Waals surface area contributed by atoms with Crippen molar-refractivity contribution in [2.45, 2.75) is 50.4 Å². The van der Waals surface area contributed by atoms with Crippen LogP contribution in [0.15, 0.2) is 12.1 Å². The molecule has 2 aliphatic heterocycles. The highest BCUT2D eigenvalue weighted by molar-refractivity contribution is 5.90. The Kier molecular flexibility index (Phi) is 2.65. The van der Waals surface area contributed by atoms with E-state index in [0.29, 0.717) is 17.4 Å². The van der Waals surface area contributed by atoms with Crippen LogP contribution in [0.5, 0.6) is 0 Å². The average Bonchev–Trinajstić information content (AvgIpc) is 3.15. The predicted molar refractivity (Wildman–Crippen MR) is 85.8 cm³/mol. The van der Waals surface area contributed by atoms with E-state index >= 15 is 0 Å². The van der Waals surface area contributed by atoms with Crippen LogP contribution in [0, 0.1) is 11.8 Å². The topological polar surface area (TPSA) is 40.5 Å². The van der Waals surface area contributed by atoms with Gasteiger partial charge in [0.25, 0.3) is 0 Å². The van der Waals surface area contributed by atoms with Gasteiger partial charge >= 0.3 is 5.97 Å². The van der Waals surface area contributed by atoms with E-state index in [4.69, 9.17) is 0 Å². The highest BCUT2D eigenvalue weighted by Gasteiger charge is 2.44. The Hall–Kier alpha value is -1.51. The smallest absolute Gasteiger partial charge is 0.335 e. The molecule has 5 rings (SSSR count). The maximum absolute atomic E-state index is 11.6. The zero-order valence-electron chi connectivity index (χ0n) is 12.9. The van der Waals surface area contributed by atoms with Gasteiger partial charge in [-0.3, -0.25) is 0 Å². The lowest BCUT2D eigenvalue weighted by molar-refractivity contribution is 0.0696. The Morgan fingerprint density at radius 2 is 1.50 bits per heavy atom. The number of hydrogen-bond donors (Lipinski definition) is 1. The van der Waals surface area contributed by atoms with Gasteiger partial charge in [-0.1, -0.05) is 12.8 Å². The van der Waals surface area contributed by atoms with Crippen molar-refractivity contribution >= 4 is 11.7 Å². The predicted octanol–water partition coefficient (Wildman–Crippen LogP) is 3.99. The minimum absolute atomic E-state index is 0.522. The molecule has 2 heterocycles. The third-order valence-electron chi connectivity index (χ3n) is 6.76. The summed E-state index contributed by atoms with van der Waals surface area (Å²) < 4.78 is 0. The van der Waals surface area contributed by atoms with Crippen LogP contribution in [-0.4, -0.2) is 24.2 Å². The highest BCUT2D eigenvalue weighted by Crippen LogP contribution is 2.55. The van der Waals surface area contributed by atoms with E-state index in [0.717, 1.165) is 11.8 Å². The molecule has 2 fully saturated rings. The Balaban J connectivity index is 1.74. The number of nitrogens with zero attached hydrogens (tertiary/aromatic N) is 1. The van der Waals surface area contributed by atoms with E-state index in [-0.39, 0.29) is 0 Å². The second kappa shape index (κ2) is 4.50. The third kappa shape index (κ3) is 1.65. The molecule has 4 aliphatic rings. The summed E-state index contributed by atoms with van der Waals surface area (Å²) in [6, 6.07) is 4.01. The van der Waals surface area contributed by atoms with Crippen LogP contribution in [0.3, 0.4) is 0 Å². The van der Waals surface area contributed by atoms with Gasteiger partial charge in [-0.2, -0.15) is 0 Å². The normalized spacial score (nSPS) is 35.0. The number of anilines is 1. The number of fused-ring (bicyclic) bond motifs is 4. The van der Waals surface area contributed by atoms with E-state index in [9.17, 15) is 9.90 Å². The number of carboxylic acid groups (broad SMARTS) is 1. The first-order valence-corrected chi connectivity index (χ1v) is 8.88. The van der Waals surface area contributed by atoms with Crippen molar-refractivity contribution in [3.05, 3.63) is 28.8 Å². The van der Waals surface area contributed by atoms with Crippen molar-refractivity contribution in [2.24, 2.45) is 11.8 Å². The van der Waals surface area contributed by atoms with Gasteiger partial charge in [0.2, 0.25) is 0 Å². The van der Waals surface area contributed by atoms with E-state index in [1.54, 1.807) is 0 Å². The summed E-state index contributed by atoms with van der Waals surface area (Å²) in [5.41, 5.74) is 4.70. The lowest BCUT2D eigenvalue weighted by Gasteiger charge is -2.46.